The lowest BCUT2D eigenvalue weighted by molar-refractivity contribution is 0.632. The van der Waals surface area contributed by atoms with E-state index >= 15 is 0 Å². The molecule has 0 bridgehead atoms. The number of fused-ring (bicyclic) bond motifs is 8. The molecule has 3 heteroatoms. The summed E-state index contributed by atoms with van der Waals surface area (Å²) in [4.78, 5) is 10.2. The van der Waals surface area contributed by atoms with E-state index in [9.17, 15) is 0 Å². The van der Waals surface area contributed by atoms with Crippen LogP contribution in [-0.2, 0) is 10.8 Å². The normalized spacial score (nSPS) is 15.4. The van der Waals surface area contributed by atoms with Crippen LogP contribution in [0, 0.1) is 0 Å². The number of hydrogen-bond donors (Lipinski definition) is 0. The fraction of sp³-hybridized carbons (Fsp3) is 0.128. The van der Waals surface area contributed by atoms with Crippen LogP contribution < -0.4 is 9.80 Å². The Hall–Kier alpha value is -5.93. The average molecular weight is 644 g/mol. The number of rotatable bonds is 2. The molecule has 0 amide bonds. The second-order valence-electron chi connectivity index (χ2n) is 14.8. The number of para-hydroxylation sites is 5. The smallest absolute Gasteiger partial charge is 0.0709 e. The van der Waals surface area contributed by atoms with Gasteiger partial charge in [0.25, 0.3) is 0 Å². The van der Waals surface area contributed by atoms with Gasteiger partial charge in [-0.3, -0.25) is 4.98 Å². The topological polar surface area (TPSA) is 19.4 Å². The fourth-order valence-corrected chi connectivity index (χ4v) is 9.05. The lowest BCUT2D eigenvalue weighted by atomic mass is 9.73. The predicted octanol–water partition coefficient (Wildman–Crippen LogP) is 12.8. The summed E-state index contributed by atoms with van der Waals surface area (Å²) in [5.41, 5.74) is 13.1. The number of anilines is 6. The molecule has 2 aliphatic rings. The van der Waals surface area contributed by atoms with Crippen LogP contribution in [0.25, 0.3) is 32.4 Å². The minimum absolute atomic E-state index is 0.159. The molecule has 240 valence electrons. The van der Waals surface area contributed by atoms with Gasteiger partial charge in [0.15, 0.2) is 0 Å². The molecule has 7 aromatic carbocycles. The third-order valence-electron chi connectivity index (χ3n) is 11.4. The van der Waals surface area contributed by atoms with Crippen molar-refractivity contribution in [2.24, 2.45) is 0 Å². The van der Waals surface area contributed by atoms with Crippen LogP contribution in [-0.4, -0.2) is 4.98 Å². The first kappa shape index (κ1) is 29.0. The second kappa shape index (κ2) is 10.3. The van der Waals surface area contributed by atoms with Gasteiger partial charge in [-0.2, -0.15) is 0 Å². The Morgan fingerprint density at radius 2 is 0.740 bits per heavy atom. The summed E-state index contributed by atoms with van der Waals surface area (Å²) in [5, 5.41) is 5.87. The SMILES string of the molecule is CC1(C)c2ccccc2N(c2c3ccccc3c(N3c4ccccc4C(C)(C)c4ccccc43)c3c2cnc2ccccc23)c2ccccc21. The Bertz CT molecular complexity index is 2580. The van der Waals surface area contributed by atoms with Crippen LogP contribution >= 0.6 is 0 Å². The van der Waals surface area contributed by atoms with Gasteiger partial charge in [-0.05, 0) is 52.6 Å². The van der Waals surface area contributed by atoms with Crippen LogP contribution in [0.2, 0.25) is 0 Å². The van der Waals surface area contributed by atoms with E-state index in [1.165, 1.54) is 66.8 Å². The third kappa shape index (κ3) is 3.78. The van der Waals surface area contributed by atoms with Crippen molar-refractivity contribution in [3.05, 3.63) is 174 Å². The van der Waals surface area contributed by atoms with Crippen molar-refractivity contribution >= 4 is 66.6 Å². The predicted molar refractivity (Wildman–Crippen MR) is 210 cm³/mol. The van der Waals surface area contributed by atoms with Crippen molar-refractivity contribution in [3.63, 3.8) is 0 Å². The van der Waals surface area contributed by atoms with Gasteiger partial charge in [0, 0.05) is 44.0 Å². The molecule has 3 heterocycles. The molecule has 0 spiro atoms. The highest BCUT2D eigenvalue weighted by Crippen LogP contribution is 2.59. The van der Waals surface area contributed by atoms with Gasteiger partial charge in [0.05, 0.1) is 39.6 Å². The molecule has 10 rings (SSSR count). The van der Waals surface area contributed by atoms with Gasteiger partial charge < -0.3 is 9.80 Å². The van der Waals surface area contributed by atoms with Crippen LogP contribution in [0.4, 0.5) is 34.1 Å². The minimum atomic E-state index is -0.160. The summed E-state index contributed by atoms with van der Waals surface area (Å²) >= 11 is 0. The molecular weight excluding hydrogens is 607 g/mol. The van der Waals surface area contributed by atoms with Gasteiger partial charge in [0.2, 0.25) is 0 Å². The lowest BCUT2D eigenvalue weighted by Crippen LogP contribution is -2.31. The van der Waals surface area contributed by atoms with Crippen molar-refractivity contribution in [2.75, 3.05) is 9.80 Å². The average Bonchev–Trinajstić information content (AvgIpc) is 3.15. The highest BCUT2D eigenvalue weighted by Gasteiger charge is 2.40. The second-order valence-corrected chi connectivity index (χ2v) is 14.8. The van der Waals surface area contributed by atoms with E-state index in [4.69, 9.17) is 4.98 Å². The zero-order chi connectivity index (χ0) is 33.8. The molecule has 0 saturated carbocycles. The monoisotopic (exact) mass is 643 g/mol. The molecule has 0 unspecified atom stereocenters. The van der Waals surface area contributed by atoms with E-state index in [-0.39, 0.29) is 10.8 Å². The minimum Gasteiger partial charge on any atom is -0.309 e. The molecule has 50 heavy (non-hydrogen) atoms. The molecule has 3 nitrogen and oxygen atoms in total. The number of nitrogens with zero attached hydrogens (tertiary/aromatic N) is 3. The van der Waals surface area contributed by atoms with E-state index in [1.807, 2.05) is 0 Å². The van der Waals surface area contributed by atoms with E-state index in [0.29, 0.717) is 0 Å². The zero-order valence-corrected chi connectivity index (χ0v) is 28.8. The van der Waals surface area contributed by atoms with Gasteiger partial charge in [-0.1, -0.05) is 143 Å². The molecule has 0 atom stereocenters. The maximum absolute atomic E-state index is 5.16. The molecule has 2 aliphatic heterocycles. The van der Waals surface area contributed by atoms with E-state index < -0.39 is 0 Å². The standard InChI is InChI=1S/C47H37N3/c1-46(2)34-20-8-13-25-39(34)49(40-26-14-9-21-35(40)46)44-30-17-5-6-18-31(30)45(43-32-19-7-12-24-38(32)48-29-33(43)44)50-41-27-15-10-22-36(41)47(3,4)37-23-11-16-28-42(37)50/h5-29H,1-4H3. The van der Waals surface area contributed by atoms with Gasteiger partial charge >= 0.3 is 0 Å². The van der Waals surface area contributed by atoms with E-state index in [1.54, 1.807) is 0 Å². The largest absolute Gasteiger partial charge is 0.309 e. The van der Waals surface area contributed by atoms with Gasteiger partial charge in [-0.15, -0.1) is 0 Å². The Labute approximate surface area is 293 Å². The first-order valence-electron chi connectivity index (χ1n) is 17.6. The molecule has 0 radical (unpaired) electrons. The molecule has 0 aliphatic carbocycles. The van der Waals surface area contributed by atoms with Gasteiger partial charge in [0.1, 0.15) is 0 Å². The summed E-state index contributed by atoms with van der Waals surface area (Å²) in [6.07, 6.45) is 2.12. The molecular formula is C47H37N3. The van der Waals surface area contributed by atoms with Crippen LogP contribution in [0.15, 0.2) is 152 Å². The number of benzene rings is 7. The van der Waals surface area contributed by atoms with Crippen LogP contribution in [0.5, 0.6) is 0 Å². The van der Waals surface area contributed by atoms with Gasteiger partial charge in [-0.25, -0.2) is 0 Å². The van der Waals surface area contributed by atoms with Crippen molar-refractivity contribution < 1.29 is 0 Å². The van der Waals surface area contributed by atoms with Crippen molar-refractivity contribution in [1.82, 2.24) is 4.98 Å². The summed E-state index contributed by atoms with van der Waals surface area (Å²) in [7, 11) is 0. The number of pyridine rings is 1. The van der Waals surface area contributed by atoms with Crippen LogP contribution in [0.3, 0.4) is 0 Å². The number of aromatic nitrogens is 1. The summed E-state index contributed by atoms with van der Waals surface area (Å²) in [6.45, 7) is 9.41. The Kier molecular flexibility index (Phi) is 5.97. The third-order valence-corrected chi connectivity index (χ3v) is 11.4. The highest BCUT2D eigenvalue weighted by molar-refractivity contribution is 6.29. The Morgan fingerprint density at radius 3 is 1.22 bits per heavy atom. The van der Waals surface area contributed by atoms with Crippen molar-refractivity contribution in [1.29, 1.82) is 0 Å². The molecule has 8 aromatic rings. The molecule has 0 N–H and O–H groups in total. The molecule has 1 aromatic heterocycles. The quantitative estimate of drug-likeness (QED) is 0.138. The van der Waals surface area contributed by atoms with Crippen LogP contribution in [0.1, 0.15) is 49.9 Å². The zero-order valence-electron chi connectivity index (χ0n) is 28.8. The fourth-order valence-electron chi connectivity index (χ4n) is 9.05. The summed E-state index contributed by atoms with van der Waals surface area (Å²) in [6, 6.07) is 53.4. The molecule has 0 saturated heterocycles. The highest BCUT2D eigenvalue weighted by atomic mass is 15.2. The van der Waals surface area contributed by atoms with Crippen molar-refractivity contribution in [3.8, 4) is 0 Å². The number of hydrogen-bond acceptors (Lipinski definition) is 3. The van der Waals surface area contributed by atoms with E-state index in [0.717, 1.165) is 22.0 Å². The Morgan fingerprint density at radius 1 is 0.380 bits per heavy atom. The summed E-state index contributed by atoms with van der Waals surface area (Å²) < 4.78 is 0. The van der Waals surface area contributed by atoms with E-state index in [2.05, 4.69) is 189 Å². The maximum atomic E-state index is 5.16. The molecule has 0 fully saturated rings. The first-order chi connectivity index (χ1) is 24.4. The first-order valence-corrected chi connectivity index (χ1v) is 17.6. The maximum Gasteiger partial charge on any atom is 0.0709 e. The van der Waals surface area contributed by atoms with Crippen molar-refractivity contribution in [2.45, 2.75) is 38.5 Å². The Balaban J connectivity index is 1.42. The lowest BCUT2D eigenvalue weighted by Gasteiger charge is -2.44. The summed E-state index contributed by atoms with van der Waals surface area (Å²) in [5.74, 6) is 0.